The normalized spacial score (nSPS) is 17.5. The molecule has 1 heterocycles. The molecule has 0 bridgehead atoms. The summed E-state index contributed by atoms with van der Waals surface area (Å²) in [5.41, 5.74) is 2.97. The summed E-state index contributed by atoms with van der Waals surface area (Å²) in [4.78, 5) is 2.12. The molecule has 0 saturated carbocycles. The van der Waals surface area contributed by atoms with Crippen molar-refractivity contribution >= 4 is 10.8 Å². The summed E-state index contributed by atoms with van der Waals surface area (Å²) in [5.74, 6) is -0.252. The molecular weight excluding hydrogens is 299 g/mol. The van der Waals surface area contributed by atoms with Gasteiger partial charge in [-0.05, 0) is 35.0 Å². The third-order valence-electron chi connectivity index (χ3n) is 4.87. The number of benzene rings is 3. The van der Waals surface area contributed by atoms with E-state index in [4.69, 9.17) is 5.26 Å². The number of likely N-dealkylation sites (N-methyl/N-ethyl adjacent to an activating group) is 1. The molecule has 24 heavy (non-hydrogen) atoms. The van der Waals surface area contributed by atoms with Gasteiger partial charge in [0.1, 0.15) is 11.9 Å². The largest absolute Gasteiger partial charge is 0.301 e. The van der Waals surface area contributed by atoms with Crippen LogP contribution in [0, 0.1) is 17.1 Å². The summed E-state index contributed by atoms with van der Waals surface area (Å²) >= 11 is 0. The number of hydrogen-bond donors (Lipinski definition) is 0. The number of halogens is 1. The van der Waals surface area contributed by atoms with E-state index in [9.17, 15) is 4.39 Å². The monoisotopic (exact) mass is 316 g/mol. The average Bonchev–Trinajstić information content (AvgIpc) is 2.61. The van der Waals surface area contributed by atoms with Crippen LogP contribution in [-0.2, 0) is 6.54 Å². The van der Waals surface area contributed by atoms with E-state index in [1.807, 2.05) is 31.3 Å². The third-order valence-corrected chi connectivity index (χ3v) is 4.87. The molecule has 0 saturated heterocycles. The summed E-state index contributed by atoms with van der Waals surface area (Å²) in [5, 5.41) is 11.5. The molecule has 1 aliphatic heterocycles. The van der Waals surface area contributed by atoms with Crippen LogP contribution in [0.3, 0.4) is 0 Å². The van der Waals surface area contributed by atoms with Gasteiger partial charge < -0.3 is 4.90 Å². The Morgan fingerprint density at radius 1 is 1.08 bits per heavy atom. The molecule has 1 aliphatic rings. The molecule has 3 aromatic rings. The highest BCUT2D eigenvalue weighted by Gasteiger charge is 2.28. The van der Waals surface area contributed by atoms with E-state index in [1.165, 1.54) is 16.3 Å². The molecule has 1 atom stereocenters. The Labute approximate surface area is 140 Å². The van der Waals surface area contributed by atoms with Gasteiger partial charge in [0.15, 0.2) is 0 Å². The molecule has 1 unspecified atom stereocenters. The first-order valence-corrected chi connectivity index (χ1v) is 8.06. The molecular formula is C21H17FN2. The van der Waals surface area contributed by atoms with Crippen LogP contribution in [0.15, 0.2) is 54.6 Å². The molecule has 0 radical (unpaired) electrons. The highest BCUT2D eigenvalue weighted by molar-refractivity contribution is 5.83. The zero-order chi connectivity index (χ0) is 16.7. The minimum atomic E-state index is -0.368. The number of rotatable bonds is 1. The predicted octanol–water partition coefficient (Wildman–Crippen LogP) is 4.43. The standard InChI is InChI=1S/C21H17FN2/c1-24-12-19(16-7-6-14-4-2-3-5-15(14)10-16)18-9-8-17(11-23)21(22)20(18)13-24/h2-10,19H,12-13H2,1H3. The fraction of sp³-hybridized carbons (Fsp3) is 0.190. The topological polar surface area (TPSA) is 27.0 Å². The Morgan fingerprint density at radius 2 is 1.88 bits per heavy atom. The molecule has 3 heteroatoms. The van der Waals surface area contributed by atoms with Gasteiger partial charge >= 0.3 is 0 Å². The zero-order valence-electron chi connectivity index (χ0n) is 13.5. The van der Waals surface area contributed by atoms with E-state index in [-0.39, 0.29) is 17.3 Å². The maximum Gasteiger partial charge on any atom is 0.145 e. The van der Waals surface area contributed by atoms with Crippen LogP contribution in [0.5, 0.6) is 0 Å². The fourth-order valence-electron chi connectivity index (χ4n) is 3.66. The first-order valence-electron chi connectivity index (χ1n) is 8.06. The van der Waals surface area contributed by atoms with Crippen LogP contribution >= 0.6 is 0 Å². The van der Waals surface area contributed by atoms with Crippen molar-refractivity contribution in [3.05, 3.63) is 82.7 Å². The Hall–Kier alpha value is -2.70. The lowest BCUT2D eigenvalue weighted by Crippen LogP contribution is -2.32. The van der Waals surface area contributed by atoms with Crippen LogP contribution in [0.1, 0.15) is 28.2 Å². The minimum Gasteiger partial charge on any atom is -0.301 e. The maximum atomic E-state index is 14.6. The van der Waals surface area contributed by atoms with Gasteiger partial charge in [-0.15, -0.1) is 0 Å². The number of fused-ring (bicyclic) bond motifs is 2. The Morgan fingerprint density at radius 3 is 2.67 bits per heavy atom. The van der Waals surface area contributed by atoms with Gasteiger partial charge in [0.05, 0.1) is 5.56 Å². The van der Waals surface area contributed by atoms with Gasteiger partial charge in [0.2, 0.25) is 0 Å². The van der Waals surface area contributed by atoms with Crippen molar-refractivity contribution in [2.45, 2.75) is 12.5 Å². The zero-order valence-corrected chi connectivity index (χ0v) is 13.5. The summed E-state index contributed by atoms with van der Waals surface area (Å²) in [7, 11) is 2.00. The average molecular weight is 316 g/mol. The molecule has 0 spiro atoms. The summed E-state index contributed by atoms with van der Waals surface area (Å²) in [6.07, 6.45) is 0. The molecule has 0 amide bonds. The van der Waals surface area contributed by atoms with E-state index < -0.39 is 0 Å². The molecule has 0 aromatic heterocycles. The maximum absolute atomic E-state index is 14.6. The number of hydrogen-bond acceptors (Lipinski definition) is 2. The highest BCUT2D eigenvalue weighted by Crippen LogP contribution is 2.36. The van der Waals surface area contributed by atoms with E-state index in [1.54, 1.807) is 6.07 Å². The lowest BCUT2D eigenvalue weighted by atomic mass is 9.83. The van der Waals surface area contributed by atoms with E-state index in [0.717, 1.165) is 12.1 Å². The summed E-state index contributed by atoms with van der Waals surface area (Å²) < 4.78 is 14.6. The quantitative estimate of drug-likeness (QED) is 0.664. The molecule has 0 fully saturated rings. The van der Waals surface area contributed by atoms with E-state index in [2.05, 4.69) is 35.2 Å². The first kappa shape index (κ1) is 14.9. The van der Waals surface area contributed by atoms with Crippen molar-refractivity contribution < 1.29 is 4.39 Å². The summed E-state index contributed by atoms with van der Waals surface area (Å²) in [6.45, 7) is 1.39. The lowest BCUT2D eigenvalue weighted by Gasteiger charge is -2.33. The second-order valence-corrected chi connectivity index (χ2v) is 6.46. The SMILES string of the molecule is CN1Cc2c(ccc(C#N)c2F)C(c2ccc3ccccc3c2)C1. The fourth-order valence-corrected chi connectivity index (χ4v) is 3.66. The van der Waals surface area contributed by atoms with Gasteiger partial charge in [-0.25, -0.2) is 4.39 Å². The molecule has 3 aromatic carbocycles. The minimum absolute atomic E-state index is 0.116. The van der Waals surface area contributed by atoms with Crippen molar-refractivity contribution in [1.82, 2.24) is 4.90 Å². The smallest absolute Gasteiger partial charge is 0.145 e. The Kier molecular flexibility index (Phi) is 3.55. The van der Waals surface area contributed by atoms with Crippen LogP contribution in [0.25, 0.3) is 10.8 Å². The van der Waals surface area contributed by atoms with Crippen molar-refractivity contribution in [3.8, 4) is 6.07 Å². The van der Waals surface area contributed by atoms with Crippen LogP contribution in [0.2, 0.25) is 0 Å². The number of nitrogens with zero attached hydrogens (tertiary/aromatic N) is 2. The second-order valence-electron chi connectivity index (χ2n) is 6.46. The van der Waals surface area contributed by atoms with Gasteiger partial charge in [-0.2, -0.15) is 5.26 Å². The van der Waals surface area contributed by atoms with Crippen molar-refractivity contribution in [2.24, 2.45) is 0 Å². The van der Waals surface area contributed by atoms with Gasteiger partial charge in [-0.3, -0.25) is 0 Å². The highest BCUT2D eigenvalue weighted by atomic mass is 19.1. The van der Waals surface area contributed by atoms with Crippen molar-refractivity contribution in [3.63, 3.8) is 0 Å². The van der Waals surface area contributed by atoms with Crippen molar-refractivity contribution in [1.29, 1.82) is 5.26 Å². The third kappa shape index (κ3) is 2.36. The van der Waals surface area contributed by atoms with E-state index >= 15 is 0 Å². The molecule has 4 rings (SSSR count). The van der Waals surface area contributed by atoms with E-state index in [0.29, 0.717) is 12.1 Å². The first-order chi connectivity index (χ1) is 11.7. The molecule has 0 aliphatic carbocycles. The van der Waals surface area contributed by atoms with Crippen LogP contribution in [0.4, 0.5) is 4.39 Å². The Bertz CT molecular complexity index is 971. The molecule has 0 N–H and O–H groups in total. The lowest BCUT2D eigenvalue weighted by molar-refractivity contribution is 0.288. The second kappa shape index (κ2) is 5.74. The number of nitriles is 1. The van der Waals surface area contributed by atoms with Gasteiger partial charge in [-0.1, -0.05) is 48.5 Å². The van der Waals surface area contributed by atoms with Crippen LogP contribution in [-0.4, -0.2) is 18.5 Å². The summed E-state index contributed by atoms with van der Waals surface area (Å²) in [6, 6.07) is 20.2. The van der Waals surface area contributed by atoms with Crippen molar-refractivity contribution in [2.75, 3.05) is 13.6 Å². The van der Waals surface area contributed by atoms with Gasteiger partial charge in [0.25, 0.3) is 0 Å². The van der Waals surface area contributed by atoms with Crippen LogP contribution < -0.4 is 0 Å². The molecule has 118 valence electrons. The Balaban J connectivity index is 1.87. The predicted molar refractivity (Wildman–Crippen MR) is 93.2 cm³/mol. The molecule has 2 nitrogen and oxygen atoms in total. The van der Waals surface area contributed by atoms with Gasteiger partial charge in [0, 0.05) is 24.6 Å².